The minimum absolute atomic E-state index is 0.0122. The van der Waals surface area contributed by atoms with Crippen molar-refractivity contribution in [2.75, 3.05) is 11.4 Å². The number of nitrogens with zero attached hydrogens (tertiary/aromatic N) is 1. The molecule has 0 unspecified atom stereocenters. The molecule has 0 aromatic heterocycles. The molecule has 2 aromatic carbocycles. The van der Waals surface area contributed by atoms with Crippen molar-refractivity contribution in [3.8, 4) is 0 Å². The van der Waals surface area contributed by atoms with Gasteiger partial charge in [0.25, 0.3) is 0 Å². The first-order valence-electron chi connectivity index (χ1n) is 6.06. The fourth-order valence-electron chi connectivity index (χ4n) is 1.87. The molecular weight excluding hydrogens is 258 g/mol. The molecule has 0 heterocycles. The molecule has 0 saturated heterocycles. The van der Waals surface area contributed by atoms with Gasteiger partial charge in [0.15, 0.2) is 0 Å². The van der Waals surface area contributed by atoms with E-state index >= 15 is 0 Å². The molecule has 3 nitrogen and oxygen atoms in total. The molecule has 2 aromatic rings. The Morgan fingerprint density at radius 3 is 2.32 bits per heavy atom. The van der Waals surface area contributed by atoms with Gasteiger partial charge in [-0.2, -0.15) is 0 Å². The SMILES string of the molecule is Cc1cccc(N(C)S(=O)(=O)Cc2ccccc2)c1. The van der Waals surface area contributed by atoms with Crippen LogP contribution in [0.15, 0.2) is 54.6 Å². The lowest BCUT2D eigenvalue weighted by atomic mass is 10.2. The average molecular weight is 275 g/mol. The minimum atomic E-state index is -3.35. The summed E-state index contributed by atoms with van der Waals surface area (Å²) in [5.74, 6) is 0.0122. The summed E-state index contributed by atoms with van der Waals surface area (Å²) in [6.07, 6.45) is 0. The molecule has 0 N–H and O–H groups in total. The Bertz CT molecular complexity index is 651. The van der Waals surface area contributed by atoms with E-state index in [2.05, 4.69) is 0 Å². The van der Waals surface area contributed by atoms with Crippen molar-refractivity contribution >= 4 is 15.7 Å². The van der Waals surface area contributed by atoms with Crippen molar-refractivity contribution in [1.29, 1.82) is 0 Å². The Morgan fingerprint density at radius 1 is 1.00 bits per heavy atom. The molecule has 2 rings (SSSR count). The molecule has 0 aliphatic rings. The van der Waals surface area contributed by atoms with E-state index in [9.17, 15) is 8.42 Å². The van der Waals surface area contributed by atoms with E-state index < -0.39 is 10.0 Å². The fraction of sp³-hybridized carbons (Fsp3) is 0.200. The van der Waals surface area contributed by atoms with E-state index in [1.807, 2.05) is 55.5 Å². The Labute approximate surface area is 114 Å². The summed E-state index contributed by atoms with van der Waals surface area (Å²) in [5, 5.41) is 0. The highest BCUT2D eigenvalue weighted by Crippen LogP contribution is 2.19. The normalized spacial score (nSPS) is 11.3. The Balaban J connectivity index is 2.25. The van der Waals surface area contributed by atoms with E-state index in [4.69, 9.17) is 0 Å². The number of rotatable bonds is 4. The smallest absolute Gasteiger partial charge is 0.239 e. The van der Waals surface area contributed by atoms with Crippen molar-refractivity contribution in [2.45, 2.75) is 12.7 Å². The zero-order valence-corrected chi connectivity index (χ0v) is 11.9. The van der Waals surface area contributed by atoms with Crippen molar-refractivity contribution < 1.29 is 8.42 Å². The molecule has 0 fully saturated rings. The fourth-order valence-corrected chi connectivity index (χ4v) is 3.11. The molecule has 0 bridgehead atoms. The Kier molecular flexibility index (Phi) is 3.90. The first-order valence-corrected chi connectivity index (χ1v) is 7.67. The van der Waals surface area contributed by atoms with Gasteiger partial charge in [0.05, 0.1) is 11.4 Å². The first kappa shape index (κ1) is 13.6. The van der Waals surface area contributed by atoms with Gasteiger partial charge in [-0.3, -0.25) is 4.31 Å². The summed E-state index contributed by atoms with van der Waals surface area (Å²) in [6.45, 7) is 1.95. The molecule has 0 amide bonds. The van der Waals surface area contributed by atoms with Gasteiger partial charge in [-0.05, 0) is 30.2 Å². The summed E-state index contributed by atoms with van der Waals surface area (Å²) < 4.78 is 26.0. The Hall–Kier alpha value is -1.81. The third-order valence-corrected chi connectivity index (χ3v) is 4.72. The molecule has 0 saturated carbocycles. The van der Waals surface area contributed by atoms with Gasteiger partial charge in [-0.1, -0.05) is 42.5 Å². The van der Waals surface area contributed by atoms with E-state index in [0.717, 1.165) is 11.1 Å². The van der Waals surface area contributed by atoms with Crippen LogP contribution < -0.4 is 4.31 Å². The van der Waals surface area contributed by atoms with E-state index in [-0.39, 0.29) is 5.75 Å². The summed E-state index contributed by atoms with van der Waals surface area (Å²) in [6, 6.07) is 16.7. The zero-order chi connectivity index (χ0) is 13.9. The maximum absolute atomic E-state index is 12.3. The molecule has 19 heavy (non-hydrogen) atoms. The second kappa shape index (κ2) is 5.45. The van der Waals surface area contributed by atoms with Crippen molar-refractivity contribution in [2.24, 2.45) is 0 Å². The van der Waals surface area contributed by atoms with Crippen molar-refractivity contribution in [3.63, 3.8) is 0 Å². The molecular formula is C15H17NO2S. The van der Waals surface area contributed by atoms with E-state index in [0.29, 0.717) is 5.69 Å². The van der Waals surface area contributed by atoms with Gasteiger partial charge in [-0.15, -0.1) is 0 Å². The maximum atomic E-state index is 12.3. The summed E-state index contributed by atoms with van der Waals surface area (Å²) >= 11 is 0. The van der Waals surface area contributed by atoms with Crippen LogP contribution in [0, 0.1) is 6.92 Å². The molecule has 4 heteroatoms. The molecule has 0 radical (unpaired) electrons. The second-order valence-corrected chi connectivity index (χ2v) is 6.55. The topological polar surface area (TPSA) is 37.4 Å². The first-order chi connectivity index (χ1) is 8.99. The van der Waals surface area contributed by atoms with Crippen molar-refractivity contribution in [3.05, 3.63) is 65.7 Å². The van der Waals surface area contributed by atoms with Gasteiger partial charge in [0.1, 0.15) is 0 Å². The maximum Gasteiger partial charge on any atom is 0.239 e. The predicted molar refractivity (Wildman–Crippen MR) is 78.6 cm³/mol. The van der Waals surface area contributed by atoms with Gasteiger partial charge in [0, 0.05) is 7.05 Å². The van der Waals surface area contributed by atoms with Gasteiger partial charge >= 0.3 is 0 Å². The number of anilines is 1. The highest BCUT2D eigenvalue weighted by Gasteiger charge is 2.18. The second-order valence-electron chi connectivity index (χ2n) is 4.55. The van der Waals surface area contributed by atoms with Crippen LogP contribution in [0.5, 0.6) is 0 Å². The van der Waals surface area contributed by atoms with Crippen LogP contribution in [-0.2, 0) is 15.8 Å². The number of benzene rings is 2. The molecule has 0 aliphatic heterocycles. The van der Waals surface area contributed by atoms with Crippen LogP contribution in [0.4, 0.5) is 5.69 Å². The molecule has 0 atom stereocenters. The van der Waals surface area contributed by atoms with Crippen LogP contribution in [0.25, 0.3) is 0 Å². The largest absolute Gasteiger partial charge is 0.273 e. The number of aryl methyl sites for hydroxylation is 1. The molecule has 100 valence electrons. The Morgan fingerprint density at radius 2 is 1.68 bits per heavy atom. The van der Waals surface area contributed by atoms with Crippen LogP contribution in [-0.4, -0.2) is 15.5 Å². The van der Waals surface area contributed by atoms with Crippen molar-refractivity contribution in [1.82, 2.24) is 0 Å². The van der Waals surface area contributed by atoms with Crippen LogP contribution >= 0.6 is 0 Å². The van der Waals surface area contributed by atoms with Gasteiger partial charge in [0.2, 0.25) is 10.0 Å². The zero-order valence-electron chi connectivity index (χ0n) is 11.1. The average Bonchev–Trinajstić information content (AvgIpc) is 2.38. The predicted octanol–water partition coefficient (Wildman–Crippen LogP) is 2.96. The van der Waals surface area contributed by atoms with E-state index in [1.165, 1.54) is 4.31 Å². The highest BCUT2D eigenvalue weighted by atomic mass is 32.2. The highest BCUT2D eigenvalue weighted by molar-refractivity contribution is 7.92. The number of sulfonamides is 1. The van der Waals surface area contributed by atoms with Crippen LogP contribution in [0.2, 0.25) is 0 Å². The minimum Gasteiger partial charge on any atom is -0.273 e. The summed E-state index contributed by atoms with van der Waals surface area (Å²) in [5.41, 5.74) is 2.53. The van der Waals surface area contributed by atoms with Gasteiger partial charge in [-0.25, -0.2) is 8.42 Å². The third kappa shape index (κ3) is 3.35. The summed E-state index contributed by atoms with van der Waals surface area (Å²) in [7, 11) is -1.76. The lowest BCUT2D eigenvalue weighted by Crippen LogP contribution is -2.27. The van der Waals surface area contributed by atoms with Gasteiger partial charge < -0.3 is 0 Å². The van der Waals surface area contributed by atoms with Crippen LogP contribution in [0.3, 0.4) is 0 Å². The monoisotopic (exact) mass is 275 g/mol. The lowest BCUT2D eigenvalue weighted by Gasteiger charge is -2.19. The third-order valence-electron chi connectivity index (χ3n) is 2.97. The standard InChI is InChI=1S/C15H17NO2S/c1-13-7-6-10-15(11-13)16(2)19(17,18)12-14-8-4-3-5-9-14/h3-11H,12H2,1-2H3. The van der Waals surface area contributed by atoms with E-state index in [1.54, 1.807) is 13.1 Å². The van der Waals surface area contributed by atoms with Crippen LogP contribution in [0.1, 0.15) is 11.1 Å². The quantitative estimate of drug-likeness (QED) is 0.860. The number of hydrogen-bond donors (Lipinski definition) is 0. The lowest BCUT2D eigenvalue weighted by molar-refractivity contribution is 0.593. The molecule has 0 aliphatic carbocycles. The molecule has 0 spiro atoms. The number of hydrogen-bond acceptors (Lipinski definition) is 2. The summed E-state index contributed by atoms with van der Waals surface area (Å²) in [4.78, 5) is 0.